The van der Waals surface area contributed by atoms with Crippen LogP contribution < -0.4 is 10.9 Å². The van der Waals surface area contributed by atoms with E-state index >= 15 is 0 Å². The van der Waals surface area contributed by atoms with Crippen LogP contribution in [0, 0.1) is 6.92 Å². The van der Waals surface area contributed by atoms with Crippen LogP contribution in [0.4, 0.5) is 5.69 Å². The van der Waals surface area contributed by atoms with Crippen molar-refractivity contribution in [3.05, 3.63) is 88.5 Å². The van der Waals surface area contributed by atoms with E-state index < -0.39 is 5.25 Å². The number of amides is 1. The quantitative estimate of drug-likeness (QED) is 0.313. The van der Waals surface area contributed by atoms with Crippen LogP contribution in [-0.2, 0) is 17.8 Å². The zero-order valence-corrected chi connectivity index (χ0v) is 19.4. The molecule has 0 aliphatic heterocycles. The van der Waals surface area contributed by atoms with Crippen LogP contribution in [0.15, 0.2) is 76.9 Å². The predicted octanol–water partition coefficient (Wildman–Crippen LogP) is 4.25. The van der Waals surface area contributed by atoms with E-state index in [0.29, 0.717) is 24.5 Å². The minimum Gasteiger partial charge on any atom is -0.325 e. The zero-order chi connectivity index (χ0) is 23.2. The molecule has 0 unspecified atom stereocenters. The van der Waals surface area contributed by atoms with Crippen molar-refractivity contribution in [2.24, 2.45) is 0 Å². The third kappa shape index (κ3) is 5.46. The number of carbonyl (C=O) groups excluding carboxylic acids is 1. The van der Waals surface area contributed by atoms with Gasteiger partial charge in [-0.05, 0) is 37.5 Å². The highest BCUT2D eigenvalue weighted by Gasteiger charge is 2.22. The maximum atomic E-state index is 13.2. The third-order valence-electron chi connectivity index (χ3n) is 5.26. The van der Waals surface area contributed by atoms with Gasteiger partial charge in [-0.1, -0.05) is 66.7 Å². The van der Waals surface area contributed by atoms with Crippen molar-refractivity contribution in [3.8, 4) is 0 Å². The lowest BCUT2D eigenvalue weighted by molar-refractivity contribution is -0.115. The van der Waals surface area contributed by atoms with Crippen LogP contribution >= 0.6 is 11.8 Å². The number of nitrogens with zero attached hydrogens (tertiary/aromatic N) is 4. The molecule has 0 radical (unpaired) electrons. The Bertz CT molecular complexity index is 1310. The maximum Gasteiger partial charge on any atom is 0.282 e. The molecule has 2 heterocycles. The Labute approximate surface area is 196 Å². The monoisotopic (exact) mass is 459 g/mol. The number of hydrogen-bond acceptors (Lipinski definition) is 6. The van der Waals surface area contributed by atoms with Crippen LogP contribution in [0.3, 0.4) is 0 Å². The average molecular weight is 460 g/mol. The van der Waals surface area contributed by atoms with Gasteiger partial charge in [-0.15, -0.1) is 0 Å². The minimum absolute atomic E-state index is 0.130. The van der Waals surface area contributed by atoms with Gasteiger partial charge in [0.15, 0.2) is 16.3 Å². The van der Waals surface area contributed by atoms with Crippen LogP contribution in [0.2, 0.25) is 0 Å². The van der Waals surface area contributed by atoms with Gasteiger partial charge in [0.05, 0.1) is 5.25 Å². The van der Waals surface area contributed by atoms with Crippen molar-refractivity contribution in [2.75, 3.05) is 5.32 Å². The molecule has 168 valence electrons. The Balaban J connectivity index is 1.63. The standard InChI is InChI=1S/C25H25N5O2S/c1-3-20(23(31)28-19-11-9-17(2)10-12-19)33-25-29-22-21(26-14-15-27-22)24(32)30(25)16-13-18-7-5-4-6-8-18/h4-12,14-15,20H,3,13,16H2,1-2H3,(H,28,31)/t20-/m1/s1. The fourth-order valence-electron chi connectivity index (χ4n) is 3.41. The number of benzene rings is 2. The molecule has 0 fully saturated rings. The van der Waals surface area contributed by atoms with Gasteiger partial charge in [0.1, 0.15) is 0 Å². The van der Waals surface area contributed by atoms with Gasteiger partial charge >= 0.3 is 0 Å². The van der Waals surface area contributed by atoms with Crippen LogP contribution in [-0.4, -0.2) is 30.7 Å². The molecule has 4 aromatic rings. The molecule has 0 saturated heterocycles. The molecule has 0 aliphatic rings. The number of carbonyl (C=O) groups is 1. The molecule has 8 heteroatoms. The van der Waals surface area contributed by atoms with E-state index in [-0.39, 0.29) is 22.6 Å². The van der Waals surface area contributed by atoms with E-state index in [4.69, 9.17) is 0 Å². The Morgan fingerprint density at radius 1 is 1.06 bits per heavy atom. The third-order valence-corrected chi connectivity index (χ3v) is 6.61. The summed E-state index contributed by atoms with van der Waals surface area (Å²) in [6.07, 6.45) is 4.24. The Morgan fingerprint density at radius 3 is 2.52 bits per heavy atom. The topological polar surface area (TPSA) is 89.8 Å². The Kier molecular flexibility index (Phi) is 7.14. The summed E-state index contributed by atoms with van der Waals surface area (Å²) in [5.74, 6) is -0.130. The number of anilines is 1. The molecular weight excluding hydrogens is 434 g/mol. The number of aryl methyl sites for hydroxylation is 2. The van der Waals surface area contributed by atoms with Crippen molar-refractivity contribution in [1.29, 1.82) is 0 Å². The number of rotatable bonds is 8. The molecule has 2 aromatic carbocycles. The zero-order valence-electron chi connectivity index (χ0n) is 18.6. The van der Waals surface area contributed by atoms with Crippen LogP contribution in [0.25, 0.3) is 11.2 Å². The van der Waals surface area contributed by atoms with Gasteiger partial charge in [0.25, 0.3) is 5.56 Å². The molecule has 1 atom stereocenters. The molecule has 0 spiro atoms. The molecule has 4 rings (SSSR count). The largest absolute Gasteiger partial charge is 0.325 e. The Morgan fingerprint density at radius 2 is 1.79 bits per heavy atom. The molecule has 0 bridgehead atoms. The smallest absolute Gasteiger partial charge is 0.282 e. The van der Waals surface area contributed by atoms with E-state index in [9.17, 15) is 9.59 Å². The highest BCUT2D eigenvalue weighted by Crippen LogP contribution is 2.25. The molecule has 2 aromatic heterocycles. The SMILES string of the molecule is CC[C@@H](Sc1nc2nccnc2c(=O)n1CCc1ccccc1)C(=O)Nc1ccc(C)cc1. The molecule has 7 nitrogen and oxygen atoms in total. The highest BCUT2D eigenvalue weighted by molar-refractivity contribution is 8.00. The van der Waals surface area contributed by atoms with Crippen LogP contribution in [0.5, 0.6) is 0 Å². The molecule has 0 aliphatic carbocycles. The van der Waals surface area contributed by atoms with E-state index in [2.05, 4.69) is 20.3 Å². The first-order valence-corrected chi connectivity index (χ1v) is 11.7. The molecular formula is C25H25N5O2S. The lowest BCUT2D eigenvalue weighted by Gasteiger charge is -2.18. The molecule has 1 N–H and O–H groups in total. The highest BCUT2D eigenvalue weighted by atomic mass is 32.2. The Hall–Kier alpha value is -3.52. The van der Waals surface area contributed by atoms with Crippen molar-refractivity contribution < 1.29 is 4.79 Å². The second kappa shape index (κ2) is 10.4. The molecule has 33 heavy (non-hydrogen) atoms. The summed E-state index contributed by atoms with van der Waals surface area (Å²) in [4.78, 5) is 39.2. The number of aromatic nitrogens is 4. The number of thioether (sulfide) groups is 1. The predicted molar refractivity (Wildman–Crippen MR) is 131 cm³/mol. The van der Waals surface area contributed by atoms with E-state index in [1.54, 1.807) is 4.57 Å². The van der Waals surface area contributed by atoms with Crippen molar-refractivity contribution in [3.63, 3.8) is 0 Å². The summed E-state index contributed by atoms with van der Waals surface area (Å²) < 4.78 is 1.61. The van der Waals surface area contributed by atoms with Crippen molar-refractivity contribution in [2.45, 2.75) is 43.6 Å². The van der Waals surface area contributed by atoms with Gasteiger partial charge < -0.3 is 5.32 Å². The molecule has 0 saturated carbocycles. The second-order valence-electron chi connectivity index (χ2n) is 7.69. The number of fused-ring (bicyclic) bond motifs is 1. The van der Waals surface area contributed by atoms with E-state index in [1.165, 1.54) is 24.2 Å². The minimum atomic E-state index is -0.421. The van der Waals surface area contributed by atoms with E-state index in [0.717, 1.165) is 16.8 Å². The van der Waals surface area contributed by atoms with Gasteiger partial charge in [-0.2, -0.15) is 0 Å². The van der Waals surface area contributed by atoms with Crippen LogP contribution in [0.1, 0.15) is 24.5 Å². The lowest BCUT2D eigenvalue weighted by Crippen LogP contribution is -2.29. The summed E-state index contributed by atoms with van der Waals surface area (Å²) >= 11 is 1.28. The number of nitrogens with one attached hydrogen (secondary N) is 1. The summed E-state index contributed by atoms with van der Waals surface area (Å²) in [7, 11) is 0. The first-order chi connectivity index (χ1) is 16.0. The summed E-state index contributed by atoms with van der Waals surface area (Å²) in [6, 6.07) is 17.6. The normalized spacial score (nSPS) is 11.9. The fourth-order valence-corrected chi connectivity index (χ4v) is 4.44. The first kappa shape index (κ1) is 22.7. The van der Waals surface area contributed by atoms with Gasteiger partial charge in [0.2, 0.25) is 5.91 Å². The summed E-state index contributed by atoms with van der Waals surface area (Å²) in [5.41, 5.74) is 3.24. The van der Waals surface area contributed by atoms with Crippen molar-refractivity contribution >= 4 is 34.5 Å². The second-order valence-corrected chi connectivity index (χ2v) is 8.86. The summed E-state index contributed by atoms with van der Waals surface area (Å²) in [5, 5.41) is 3.01. The number of hydrogen-bond donors (Lipinski definition) is 1. The first-order valence-electron chi connectivity index (χ1n) is 10.8. The maximum absolute atomic E-state index is 13.2. The van der Waals surface area contributed by atoms with Gasteiger partial charge in [0, 0.05) is 24.6 Å². The molecule has 1 amide bonds. The van der Waals surface area contributed by atoms with Gasteiger partial charge in [-0.3, -0.25) is 14.2 Å². The summed E-state index contributed by atoms with van der Waals surface area (Å²) in [6.45, 7) is 4.37. The van der Waals surface area contributed by atoms with Gasteiger partial charge in [-0.25, -0.2) is 15.0 Å². The van der Waals surface area contributed by atoms with E-state index in [1.807, 2.05) is 68.4 Å². The fraction of sp³-hybridized carbons (Fsp3) is 0.240. The average Bonchev–Trinajstić information content (AvgIpc) is 2.84. The van der Waals surface area contributed by atoms with Crippen molar-refractivity contribution in [1.82, 2.24) is 19.5 Å². The lowest BCUT2D eigenvalue weighted by atomic mass is 10.1.